The van der Waals surface area contributed by atoms with Crippen LogP contribution in [0, 0.1) is 11.2 Å². The summed E-state index contributed by atoms with van der Waals surface area (Å²) in [6.07, 6.45) is 0.994. The summed E-state index contributed by atoms with van der Waals surface area (Å²) in [5.74, 6) is -0.287. The lowest BCUT2D eigenvalue weighted by atomic mass is 9.90. The van der Waals surface area contributed by atoms with E-state index in [1.54, 1.807) is 6.07 Å². The molecular weight excluding hydrogens is 339 g/mol. The maximum Gasteiger partial charge on any atom is 0.256 e. The summed E-state index contributed by atoms with van der Waals surface area (Å²) in [7, 11) is 1.50. The predicted molar refractivity (Wildman–Crippen MR) is 96.3 cm³/mol. The Morgan fingerprint density at radius 1 is 1.42 bits per heavy atom. The number of benzene rings is 1. The molecule has 6 nitrogen and oxygen atoms in total. The largest absolute Gasteiger partial charge is 0.497 e. The highest BCUT2D eigenvalue weighted by Gasteiger charge is 2.42. The van der Waals surface area contributed by atoms with E-state index in [9.17, 15) is 19.4 Å². The minimum absolute atomic E-state index is 0.00756. The number of amides is 1. The molecule has 1 amide bonds. The summed E-state index contributed by atoms with van der Waals surface area (Å²) >= 11 is 0. The van der Waals surface area contributed by atoms with E-state index in [0.29, 0.717) is 37.2 Å². The second kappa shape index (κ2) is 8.33. The quantitative estimate of drug-likeness (QED) is 0.644. The third-order valence-corrected chi connectivity index (χ3v) is 4.77. The molecule has 1 atom stereocenters. The SMILES string of the molecule is COc1ccc(F)c(CN2CCC[C@@](O)(CNCC(C)(C)CO)C2=O)c1. The molecule has 0 spiro atoms. The number of halogens is 1. The smallest absolute Gasteiger partial charge is 0.256 e. The number of hydrogen-bond donors (Lipinski definition) is 3. The molecule has 1 aromatic carbocycles. The number of nitrogens with one attached hydrogen (secondary N) is 1. The first-order valence-corrected chi connectivity index (χ1v) is 8.86. The number of ether oxygens (including phenoxy) is 1. The van der Waals surface area contributed by atoms with Gasteiger partial charge < -0.3 is 25.2 Å². The highest BCUT2D eigenvalue weighted by molar-refractivity contribution is 5.86. The third kappa shape index (κ3) is 4.93. The van der Waals surface area contributed by atoms with Crippen LogP contribution < -0.4 is 10.1 Å². The predicted octanol–water partition coefficient (Wildman–Crippen LogP) is 1.30. The lowest BCUT2D eigenvalue weighted by molar-refractivity contribution is -0.157. The molecule has 1 aromatic rings. The highest BCUT2D eigenvalue weighted by Crippen LogP contribution is 2.26. The zero-order valence-corrected chi connectivity index (χ0v) is 15.7. The Morgan fingerprint density at radius 3 is 2.81 bits per heavy atom. The van der Waals surface area contributed by atoms with Crippen molar-refractivity contribution < 1.29 is 24.1 Å². The van der Waals surface area contributed by atoms with E-state index in [4.69, 9.17) is 4.74 Å². The first kappa shape index (κ1) is 20.6. The van der Waals surface area contributed by atoms with Crippen LogP contribution in [0.25, 0.3) is 0 Å². The fourth-order valence-electron chi connectivity index (χ4n) is 3.05. The van der Waals surface area contributed by atoms with Gasteiger partial charge in [0.1, 0.15) is 11.6 Å². The normalized spacial score (nSPS) is 21.2. The Balaban J connectivity index is 2.04. The molecule has 1 fully saturated rings. The van der Waals surface area contributed by atoms with Crippen molar-refractivity contribution in [1.82, 2.24) is 10.2 Å². The van der Waals surface area contributed by atoms with Crippen molar-refractivity contribution in [3.05, 3.63) is 29.6 Å². The Bertz CT molecular complexity index is 638. The van der Waals surface area contributed by atoms with Gasteiger partial charge >= 0.3 is 0 Å². The van der Waals surface area contributed by atoms with E-state index in [0.717, 1.165) is 0 Å². The van der Waals surface area contributed by atoms with E-state index >= 15 is 0 Å². The van der Waals surface area contributed by atoms with Crippen molar-refractivity contribution in [2.24, 2.45) is 5.41 Å². The van der Waals surface area contributed by atoms with Crippen LogP contribution in [-0.2, 0) is 11.3 Å². The Hall–Kier alpha value is -1.70. The number of methoxy groups -OCH3 is 1. The average molecular weight is 368 g/mol. The standard InChI is InChI=1S/C19H29FN2O4/c1-18(2,13-23)11-21-12-19(25)7-4-8-22(17(19)24)10-14-9-15(26-3)5-6-16(14)20/h5-6,9,21,23,25H,4,7-8,10-13H2,1-3H3/t19-/m1/s1. The molecule has 1 saturated heterocycles. The molecule has 26 heavy (non-hydrogen) atoms. The van der Waals surface area contributed by atoms with Gasteiger partial charge in [-0.2, -0.15) is 0 Å². The van der Waals surface area contributed by atoms with Gasteiger partial charge in [0.2, 0.25) is 0 Å². The van der Waals surface area contributed by atoms with E-state index in [-0.39, 0.29) is 25.1 Å². The van der Waals surface area contributed by atoms with Crippen LogP contribution in [0.15, 0.2) is 18.2 Å². The van der Waals surface area contributed by atoms with Crippen LogP contribution >= 0.6 is 0 Å². The molecule has 2 rings (SSSR count). The molecule has 0 aromatic heterocycles. The minimum Gasteiger partial charge on any atom is -0.497 e. The van der Waals surface area contributed by atoms with Gasteiger partial charge in [-0.1, -0.05) is 13.8 Å². The maximum absolute atomic E-state index is 14.1. The molecule has 3 N–H and O–H groups in total. The molecule has 7 heteroatoms. The van der Waals surface area contributed by atoms with Gasteiger partial charge in [0.15, 0.2) is 5.60 Å². The number of likely N-dealkylation sites (tertiary alicyclic amines) is 1. The fraction of sp³-hybridized carbons (Fsp3) is 0.632. The van der Waals surface area contributed by atoms with E-state index in [1.165, 1.54) is 24.1 Å². The first-order valence-electron chi connectivity index (χ1n) is 8.86. The number of carbonyl (C=O) groups is 1. The van der Waals surface area contributed by atoms with E-state index < -0.39 is 17.3 Å². The van der Waals surface area contributed by atoms with Gasteiger partial charge in [0.05, 0.1) is 7.11 Å². The van der Waals surface area contributed by atoms with Crippen LogP contribution in [0.1, 0.15) is 32.3 Å². The molecule has 146 valence electrons. The molecular formula is C19H29FN2O4. The van der Waals surface area contributed by atoms with Gasteiger partial charge in [-0.15, -0.1) is 0 Å². The van der Waals surface area contributed by atoms with Crippen LogP contribution in [-0.4, -0.2) is 60.0 Å². The third-order valence-electron chi connectivity index (χ3n) is 4.77. The fourth-order valence-corrected chi connectivity index (χ4v) is 3.05. The molecule has 0 aliphatic carbocycles. The lowest BCUT2D eigenvalue weighted by Gasteiger charge is -2.39. The van der Waals surface area contributed by atoms with Crippen molar-refractivity contribution >= 4 is 5.91 Å². The van der Waals surface area contributed by atoms with E-state index in [1.807, 2.05) is 13.8 Å². The Morgan fingerprint density at radius 2 is 2.15 bits per heavy atom. The molecule has 0 bridgehead atoms. The Labute approximate surface area is 154 Å². The number of hydrogen-bond acceptors (Lipinski definition) is 5. The number of piperidine rings is 1. The summed E-state index contributed by atoms with van der Waals surface area (Å²) in [6, 6.07) is 4.41. The minimum atomic E-state index is -1.51. The van der Waals surface area contributed by atoms with Crippen LogP contribution in [0.4, 0.5) is 4.39 Å². The van der Waals surface area contributed by atoms with Crippen molar-refractivity contribution in [3.63, 3.8) is 0 Å². The molecule has 0 unspecified atom stereocenters. The summed E-state index contributed by atoms with van der Waals surface area (Å²) < 4.78 is 19.2. The topological polar surface area (TPSA) is 82.0 Å². The Kier molecular flexibility index (Phi) is 6.60. The van der Waals surface area contributed by atoms with Crippen molar-refractivity contribution in [3.8, 4) is 5.75 Å². The summed E-state index contributed by atoms with van der Waals surface area (Å²) in [6.45, 7) is 4.94. The molecule has 0 radical (unpaired) electrons. The van der Waals surface area contributed by atoms with Crippen LogP contribution in [0.5, 0.6) is 5.75 Å². The molecule has 0 saturated carbocycles. The molecule has 1 heterocycles. The maximum atomic E-state index is 14.1. The first-order chi connectivity index (χ1) is 12.2. The van der Waals surface area contributed by atoms with Gasteiger partial charge in [0.25, 0.3) is 5.91 Å². The second-order valence-electron chi connectivity index (χ2n) is 7.75. The van der Waals surface area contributed by atoms with Crippen LogP contribution in [0.3, 0.4) is 0 Å². The lowest BCUT2D eigenvalue weighted by Crippen LogP contribution is -2.58. The van der Waals surface area contributed by atoms with Crippen LogP contribution in [0.2, 0.25) is 0 Å². The number of nitrogens with zero attached hydrogens (tertiary/aromatic N) is 1. The van der Waals surface area contributed by atoms with Crippen molar-refractivity contribution in [2.75, 3.05) is 33.4 Å². The van der Waals surface area contributed by atoms with Crippen molar-refractivity contribution in [2.45, 2.75) is 38.8 Å². The number of carbonyl (C=O) groups excluding carboxylic acids is 1. The highest BCUT2D eigenvalue weighted by atomic mass is 19.1. The monoisotopic (exact) mass is 368 g/mol. The summed E-state index contributed by atoms with van der Waals surface area (Å²) in [5, 5.41) is 23.2. The van der Waals surface area contributed by atoms with E-state index in [2.05, 4.69) is 5.32 Å². The number of aliphatic hydroxyl groups excluding tert-OH is 1. The molecule has 1 aliphatic heterocycles. The summed E-state index contributed by atoms with van der Waals surface area (Å²) in [5.41, 5.74) is -1.49. The average Bonchev–Trinajstić information content (AvgIpc) is 2.60. The number of rotatable bonds is 8. The van der Waals surface area contributed by atoms with Gasteiger partial charge in [0, 0.05) is 43.8 Å². The van der Waals surface area contributed by atoms with Crippen molar-refractivity contribution in [1.29, 1.82) is 0 Å². The van der Waals surface area contributed by atoms with Gasteiger partial charge in [-0.3, -0.25) is 4.79 Å². The zero-order valence-electron chi connectivity index (χ0n) is 15.7. The molecule has 1 aliphatic rings. The zero-order chi connectivity index (χ0) is 19.4. The van der Waals surface area contributed by atoms with Gasteiger partial charge in [-0.05, 0) is 31.0 Å². The number of aliphatic hydroxyl groups is 2. The second-order valence-corrected chi connectivity index (χ2v) is 7.75. The summed E-state index contributed by atoms with van der Waals surface area (Å²) in [4.78, 5) is 14.3. The van der Waals surface area contributed by atoms with Gasteiger partial charge in [-0.25, -0.2) is 4.39 Å².